The summed E-state index contributed by atoms with van der Waals surface area (Å²) in [5, 5.41) is 9.20. The van der Waals surface area contributed by atoms with Crippen molar-refractivity contribution in [3.8, 4) is 0 Å². The van der Waals surface area contributed by atoms with Crippen LogP contribution in [0.2, 0.25) is 0 Å². The molecule has 0 radical (unpaired) electrons. The second-order valence-electron chi connectivity index (χ2n) is 3.86. The molecule has 0 aliphatic rings. The molecule has 0 bridgehead atoms. The minimum Gasteiger partial charge on any atom is -0.481 e. The SMILES string of the molecule is O=C(O)C(Cc1cccc(F)c1)c1cnccn1. The molecule has 1 atom stereocenters. The average molecular weight is 246 g/mol. The summed E-state index contributed by atoms with van der Waals surface area (Å²) in [6.07, 6.45) is 4.52. The van der Waals surface area contributed by atoms with Crippen LogP contribution in [0.25, 0.3) is 0 Å². The predicted molar refractivity (Wildman–Crippen MR) is 62.5 cm³/mol. The van der Waals surface area contributed by atoms with Crippen LogP contribution in [0.5, 0.6) is 0 Å². The first kappa shape index (κ1) is 12.2. The molecule has 0 spiro atoms. The van der Waals surface area contributed by atoms with Crippen molar-refractivity contribution in [1.82, 2.24) is 9.97 Å². The zero-order valence-corrected chi connectivity index (χ0v) is 9.45. The quantitative estimate of drug-likeness (QED) is 0.896. The second-order valence-corrected chi connectivity index (χ2v) is 3.86. The summed E-state index contributed by atoms with van der Waals surface area (Å²) in [5.41, 5.74) is 0.988. The molecule has 18 heavy (non-hydrogen) atoms. The Morgan fingerprint density at radius 3 is 2.83 bits per heavy atom. The zero-order valence-electron chi connectivity index (χ0n) is 9.45. The van der Waals surface area contributed by atoms with Crippen LogP contribution in [0.1, 0.15) is 17.2 Å². The Labute approximate surface area is 103 Å². The Hall–Kier alpha value is -2.30. The Morgan fingerprint density at radius 2 is 2.22 bits per heavy atom. The lowest BCUT2D eigenvalue weighted by Gasteiger charge is -2.11. The molecule has 0 aliphatic carbocycles. The highest BCUT2D eigenvalue weighted by molar-refractivity contribution is 5.75. The van der Waals surface area contributed by atoms with Gasteiger partial charge in [-0.15, -0.1) is 0 Å². The van der Waals surface area contributed by atoms with E-state index >= 15 is 0 Å². The van der Waals surface area contributed by atoms with Crippen molar-refractivity contribution in [2.75, 3.05) is 0 Å². The van der Waals surface area contributed by atoms with Crippen LogP contribution in [0.4, 0.5) is 4.39 Å². The van der Waals surface area contributed by atoms with E-state index in [0.29, 0.717) is 11.3 Å². The van der Waals surface area contributed by atoms with Crippen LogP contribution in [0, 0.1) is 5.82 Å². The third-order valence-corrected chi connectivity index (χ3v) is 2.57. The largest absolute Gasteiger partial charge is 0.481 e. The van der Waals surface area contributed by atoms with Crippen molar-refractivity contribution < 1.29 is 14.3 Å². The molecule has 5 heteroatoms. The van der Waals surface area contributed by atoms with Crippen molar-refractivity contribution in [1.29, 1.82) is 0 Å². The minimum atomic E-state index is -1.00. The Kier molecular flexibility index (Phi) is 3.62. The molecule has 1 N–H and O–H groups in total. The van der Waals surface area contributed by atoms with Crippen molar-refractivity contribution in [3.63, 3.8) is 0 Å². The number of carbonyl (C=O) groups is 1. The van der Waals surface area contributed by atoms with E-state index in [0.717, 1.165) is 0 Å². The first-order valence-electron chi connectivity index (χ1n) is 5.40. The maximum Gasteiger partial charge on any atom is 0.312 e. The molecule has 0 amide bonds. The highest BCUT2D eigenvalue weighted by Gasteiger charge is 2.21. The summed E-state index contributed by atoms with van der Waals surface area (Å²) in [4.78, 5) is 19.1. The van der Waals surface area contributed by atoms with E-state index in [9.17, 15) is 14.3 Å². The highest BCUT2D eigenvalue weighted by atomic mass is 19.1. The van der Waals surface area contributed by atoms with E-state index in [1.54, 1.807) is 12.1 Å². The van der Waals surface area contributed by atoms with Gasteiger partial charge in [-0.2, -0.15) is 0 Å². The molecule has 2 rings (SSSR count). The molecule has 92 valence electrons. The van der Waals surface area contributed by atoms with Gasteiger partial charge >= 0.3 is 5.97 Å². The van der Waals surface area contributed by atoms with Crippen molar-refractivity contribution in [2.24, 2.45) is 0 Å². The van der Waals surface area contributed by atoms with Gasteiger partial charge in [0.25, 0.3) is 0 Å². The van der Waals surface area contributed by atoms with Crippen molar-refractivity contribution in [2.45, 2.75) is 12.3 Å². The Bertz CT molecular complexity index is 546. The second kappa shape index (κ2) is 5.35. The number of nitrogens with zero attached hydrogens (tertiary/aromatic N) is 2. The van der Waals surface area contributed by atoms with Gasteiger partial charge in [0, 0.05) is 18.6 Å². The first-order valence-corrected chi connectivity index (χ1v) is 5.40. The Morgan fingerprint density at radius 1 is 1.39 bits per heavy atom. The lowest BCUT2D eigenvalue weighted by Crippen LogP contribution is -2.16. The number of hydrogen-bond acceptors (Lipinski definition) is 3. The molecule has 2 aromatic rings. The number of aliphatic carboxylic acids is 1. The number of carboxylic acid groups (broad SMARTS) is 1. The third kappa shape index (κ3) is 2.88. The fraction of sp³-hybridized carbons (Fsp3) is 0.154. The number of hydrogen-bond donors (Lipinski definition) is 1. The average Bonchev–Trinajstić information content (AvgIpc) is 2.37. The maximum atomic E-state index is 13.0. The van der Waals surface area contributed by atoms with E-state index < -0.39 is 11.9 Å². The number of aromatic nitrogens is 2. The smallest absolute Gasteiger partial charge is 0.312 e. The van der Waals surface area contributed by atoms with Crippen LogP contribution in [-0.4, -0.2) is 21.0 Å². The zero-order chi connectivity index (χ0) is 13.0. The normalized spacial score (nSPS) is 12.1. The molecule has 1 heterocycles. The number of halogens is 1. The van der Waals surface area contributed by atoms with Gasteiger partial charge in [-0.3, -0.25) is 14.8 Å². The topological polar surface area (TPSA) is 63.1 Å². The lowest BCUT2D eigenvalue weighted by atomic mass is 9.96. The molecule has 0 saturated heterocycles. The molecule has 0 fully saturated rings. The monoisotopic (exact) mass is 246 g/mol. The predicted octanol–water partition coefficient (Wildman–Crippen LogP) is 2.03. The fourth-order valence-electron chi connectivity index (χ4n) is 1.71. The van der Waals surface area contributed by atoms with Crippen LogP contribution < -0.4 is 0 Å². The van der Waals surface area contributed by atoms with Crippen molar-refractivity contribution in [3.05, 3.63) is 59.9 Å². The van der Waals surface area contributed by atoms with E-state index in [4.69, 9.17) is 0 Å². The van der Waals surface area contributed by atoms with E-state index in [1.807, 2.05) is 0 Å². The van der Waals surface area contributed by atoms with Gasteiger partial charge < -0.3 is 5.11 Å². The van der Waals surface area contributed by atoms with Gasteiger partial charge in [0.2, 0.25) is 0 Å². The molecule has 0 saturated carbocycles. The first-order chi connectivity index (χ1) is 8.66. The van der Waals surface area contributed by atoms with E-state index in [1.165, 1.54) is 30.7 Å². The standard InChI is InChI=1S/C13H11FN2O2/c14-10-3-1-2-9(6-10)7-11(13(17)18)12-8-15-4-5-16-12/h1-6,8,11H,7H2,(H,17,18). The van der Waals surface area contributed by atoms with Gasteiger partial charge in [-0.1, -0.05) is 12.1 Å². The third-order valence-electron chi connectivity index (χ3n) is 2.57. The fourth-order valence-corrected chi connectivity index (χ4v) is 1.71. The van der Waals surface area contributed by atoms with Crippen LogP contribution in [-0.2, 0) is 11.2 Å². The summed E-state index contributed by atoms with van der Waals surface area (Å²) in [6, 6.07) is 5.89. The van der Waals surface area contributed by atoms with Gasteiger partial charge in [0.15, 0.2) is 0 Å². The molecule has 1 aromatic heterocycles. The van der Waals surface area contributed by atoms with Crippen LogP contribution in [0.3, 0.4) is 0 Å². The summed E-state index contributed by atoms with van der Waals surface area (Å²) in [7, 11) is 0. The number of benzene rings is 1. The van der Waals surface area contributed by atoms with Gasteiger partial charge in [-0.25, -0.2) is 4.39 Å². The maximum absolute atomic E-state index is 13.0. The van der Waals surface area contributed by atoms with Gasteiger partial charge in [-0.05, 0) is 24.1 Å². The minimum absolute atomic E-state index is 0.186. The molecule has 1 unspecified atom stereocenters. The highest BCUT2D eigenvalue weighted by Crippen LogP contribution is 2.19. The van der Waals surface area contributed by atoms with Crippen LogP contribution >= 0.6 is 0 Å². The molecule has 1 aromatic carbocycles. The summed E-state index contributed by atoms with van der Waals surface area (Å²) < 4.78 is 13.0. The number of rotatable bonds is 4. The van der Waals surface area contributed by atoms with Gasteiger partial charge in [0.1, 0.15) is 11.7 Å². The lowest BCUT2D eigenvalue weighted by molar-refractivity contribution is -0.138. The summed E-state index contributed by atoms with van der Waals surface area (Å²) in [5.74, 6) is -2.20. The van der Waals surface area contributed by atoms with Crippen LogP contribution in [0.15, 0.2) is 42.9 Å². The molecule has 4 nitrogen and oxygen atoms in total. The summed E-state index contributed by atoms with van der Waals surface area (Å²) >= 11 is 0. The van der Waals surface area contributed by atoms with Gasteiger partial charge in [0.05, 0.1) is 5.69 Å². The summed E-state index contributed by atoms with van der Waals surface area (Å²) in [6.45, 7) is 0. The molecular weight excluding hydrogens is 235 g/mol. The number of carboxylic acids is 1. The van der Waals surface area contributed by atoms with E-state index in [-0.39, 0.29) is 12.2 Å². The molecule has 0 aliphatic heterocycles. The van der Waals surface area contributed by atoms with E-state index in [2.05, 4.69) is 9.97 Å². The Balaban J connectivity index is 2.25. The molecular formula is C13H11FN2O2. The van der Waals surface area contributed by atoms with Crippen molar-refractivity contribution >= 4 is 5.97 Å².